The van der Waals surface area contributed by atoms with Gasteiger partial charge < -0.3 is 15.8 Å². The van der Waals surface area contributed by atoms with Crippen molar-refractivity contribution in [2.75, 3.05) is 11.9 Å². The van der Waals surface area contributed by atoms with E-state index in [-0.39, 0.29) is 12.5 Å². The van der Waals surface area contributed by atoms with Gasteiger partial charge in [0.2, 0.25) is 0 Å². The van der Waals surface area contributed by atoms with Crippen molar-refractivity contribution >= 4 is 54.9 Å². The molecule has 2 aromatic carbocycles. The molecule has 0 spiro atoms. The molecule has 0 saturated heterocycles. The molecule has 1 aromatic heterocycles. The maximum absolute atomic E-state index is 12.3. The minimum Gasteiger partial charge on any atom is -0.483 e. The molecule has 0 unspecified atom stereocenters. The zero-order valence-electron chi connectivity index (χ0n) is 14.3. The molecule has 0 aliphatic heterocycles. The third-order valence-electron chi connectivity index (χ3n) is 4.07. The summed E-state index contributed by atoms with van der Waals surface area (Å²) in [6, 6.07) is 11.6. The first-order valence-electron chi connectivity index (χ1n) is 7.88. The fourth-order valence-corrected chi connectivity index (χ4v) is 4.33. The summed E-state index contributed by atoms with van der Waals surface area (Å²) in [4.78, 5) is 24.8. The Labute approximate surface area is 163 Å². The minimum absolute atomic E-state index is 0.175. The molecule has 0 radical (unpaired) electrons. The van der Waals surface area contributed by atoms with Crippen molar-refractivity contribution in [2.24, 2.45) is 5.73 Å². The summed E-state index contributed by atoms with van der Waals surface area (Å²) < 4.78 is 6.44. The number of halogens is 1. The zero-order chi connectivity index (χ0) is 18.8. The molecule has 0 aliphatic carbocycles. The maximum Gasteiger partial charge on any atom is 0.262 e. The maximum atomic E-state index is 12.3. The molecule has 0 aliphatic rings. The monoisotopic (exact) mass is 432 g/mol. The highest BCUT2D eigenvalue weighted by atomic mass is 79.9. The number of thiophene rings is 1. The molecule has 0 fully saturated rings. The topological polar surface area (TPSA) is 81.4 Å². The Morgan fingerprint density at radius 1 is 1.19 bits per heavy atom. The van der Waals surface area contributed by atoms with Crippen molar-refractivity contribution in [3.63, 3.8) is 0 Å². The highest BCUT2D eigenvalue weighted by Crippen LogP contribution is 2.34. The van der Waals surface area contributed by atoms with Crippen LogP contribution in [0.4, 0.5) is 5.00 Å². The molecule has 3 rings (SSSR count). The van der Waals surface area contributed by atoms with E-state index >= 15 is 0 Å². The van der Waals surface area contributed by atoms with Gasteiger partial charge >= 0.3 is 0 Å². The first-order valence-corrected chi connectivity index (χ1v) is 9.49. The first kappa shape index (κ1) is 18.4. The van der Waals surface area contributed by atoms with Gasteiger partial charge in [0, 0.05) is 4.88 Å². The van der Waals surface area contributed by atoms with Crippen LogP contribution in [0.15, 0.2) is 40.9 Å². The molecule has 5 nitrogen and oxygen atoms in total. The smallest absolute Gasteiger partial charge is 0.262 e. The number of fused-ring (bicyclic) bond motifs is 1. The molecule has 3 N–H and O–H groups in total. The molecule has 3 aromatic rings. The normalized spacial score (nSPS) is 10.7. The van der Waals surface area contributed by atoms with Gasteiger partial charge in [0.25, 0.3) is 11.8 Å². The molecule has 0 saturated carbocycles. The number of benzene rings is 2. The van der Waals surface area contributed by atoms with E-state index in [9.17, 15) is 9.59 Å². The highest BCUT2D eigenvalue weighted by molar-refractivity contribution is 9.10. The molecule has 0 atom stereocenters. The molecule has 26 heavy (non-hydrogen) atoms. The fourth-order valence-electron chi connectivity index (χ4n) is 2.64. The molecular formula is C19H17BrN2O3S. The Morgan fingerprint density at radius 3 is 2.65 bits per heavy atom. The summed E-state index contributed by atoms with van der Waals surface area (Å²) in [6.45, 7) is 3.51. The average Bonchev–Trinajstić information content (AvgIpc) is 2.88. The Hall–Kier alpha value is -2.38. The van der Waals surface area contributed by atoms with Crippen LogP contribution in [-0.4, -0.2) is 18.4 Å². The number of primary amides is 1. The SMILES string of the molecule is Cc1sc(NC(=O)COc2ccc3ccccc3c2Br)c(C(N)=O)c1C. The summed E-state index contributed by atoms with van der Waals surface area (Å²) in [6.07, 6.45) is 0. The lowest BCUT2D eigenvalue weighted by atomic mass is 10.1. The van der Waals surface area contributed by atoms with Crippen molar-refractivity contribution in [1.29, 1.82) is 0 Å². The molecule has 7 heteroatoms. The first-order chi connectivity index (χ1) is 12.4. The molecular weight excluding hydrogens is 416 g/mol. The van der Waals surface area contributed by atoms with Crippen molar-refractivity contribution in [2.45, 2.75) is 13.8 Å². The van der Waals surface area contributed by atoms with Crippen LogP contribution in [0.5, 0.6) is 5.75 Å². The second-order valence-corrected chi connectivity index (χ2v) is 7.81. The largest absolute Gasteiger partial charge is 0.483 e. The van der Waals surface area contributed by atoms with Gasteiger partial charge in [-0.1, -0.05) is 30.3 Å². The van der Waals surface area contributed by atoms with Crippen LogP contribution in [-0.2, 0) is 4.79 Å². The van der Waals surface area contributed by atoms with E-state index in [4.69, 9.17) is 10.5 Å². The number of carbonyl (C=O) groups excluding carboxylic acids is 2. The summed E-state index contributed by atoms with van der Waals surface area (Å²) in [7, 11) is 0. The number of aryl methyl sites for hydroxylation is 1. The lowest BCUT2D eigenvalue weighted by molar-refractivity contribution is -0.118. The van der Waals surface area contributed by atoms with Crippen LogP contribution >= 0.6 is 27.3 Å². The molecule has 0 bridgehead atoms. The van der Waals surface area contributed by atoms with Gasteiger partial charge in [-0.25, -0.2) is 0 Å². The molecule has 134 valence electrons. The van der Waals surface area contributed by atoms with Crippen molar-refractivity contribution < 1.29 is 14.3 Å². The van der Waals surface area contributed by atoms with Crippen molar-refractivity contribution in [3.8, 4) is 5.75 Å². The Balaban J connectivity index is 1.73. The predicted octanol–water partition coefficient (Wildman–Crippen LogP) is 4.40. The average molecular weight is 433 g/mol. The van der Waals surface area contributed by atoms with E-state index in [2.05, 4.69) is 21.2 Å². The Morgan fingerprint density at radius 2 is 1.92 bits per heavy atom. The van der Waals surface area contributed by atoms with E-state index in [0.717, 1.165) is 25.7 Å². The number of nitrogens with two attached hydrogens (primary N) is 1. The van der Waals surface area contributed by atoms with Crippen molar-refractivity contribution in [1.82, 2.24) is 0 Å². The van der Waals surface area contributed by atoms with E-state index in [1.54, 1.807) is 0 Å². The summed E-state index contributed by atoms with van der Waals surface area (Å²) in [5.74, 6) is -0.332. The number of rotatable bonds is 5. The molecule has 1 heterocycles. The third kappa shape index (κ3) is 3.59. The number of hydrogen-bond donors (Lipinski definition) is 2. The summed E-state index contributed by atoms with van der Waals surface area (Å²) in [5.41, 5.74) is 6.56. The quantitative estimate of drug-likeness (QED) is 0.626. The number of hydrogen-bond acceptors (Lipinski definition) is 4. The molecule has 2 amide bonds. The van der Waals surface area contributed by atoms with Gasteiger partial charge in [0.05, 0.1) is 10.0 Å². The highest BCUT2D eigenvalue weighted by Gasteiger charge is 2.19. The van der Waals surface area contributed by atoms with Gasteiger partial charge in [-0.05, 0) is 52.2 Å². The lowest BCUT2D eigenvalue weighted by Gasteiger charge is -2.10. The fraction of sp³-hybridized carbons (Fsp3) is 0.158. The predicted molar refractivity (Wildman–Crippen MR) is 108 cm³/mol. The second kappa shape index (κ2) is 7.47. The third-order valence-corrected chi connectivity index (χ3v) is 6.01. The number of nitrogens with one attached hydrogen (secondary N) is 1. The van der Waals surface area contributed by atoms with Crippen LogP contribution in [0.3, 0.4) is 0 Å². The number of ether oxygens (including phenoxy) is 1. The number of amides is 2. The van der Waals surface area contributed by atoms with Crippen LogP contribution in [0, 0.1) is 13.8 Å². The van der Waals surface area contributed by atoms with Gasteiger partial charge in [-0.3, -0.25) is 9.59 Å². The van der Waals surface area contributed by atoms with E-state index in [1.165, 1.54) is 11.3 Å². The summed E-state index contributed by atoms with van der Waals surface area (Å²) in [5, 5.41) is 5.26. The van der Waals surface area contributed by atoms with Crippen LogP contribution in [0.1, 0.15) is 20.8 Å². The number of anilines is 1. The zero-order valence-corrected chi connectivity index (χ0v) is 16.7. The van der Waals surface area contributed by atoms with Crippen LogP contribution < -0.4 is 15.8 Å². The van der Waals surface area contributed by atoms with Crippen LogP contribution in [0.25, 0.3) is 10.8 Å². The van der Waals surface area contributed by atoms with Gasteiger partial charge in [0.1, 0.15) is 10.8 Å². The van der Waals surface area contributed by atoms with Gasteiger partial charge in [-0.15, -0.1) is 11.3 Å². The van der Waals surface area contributed by atoms with E-state index in [0.29, 0.717) is 16.3 Å². The lowest BCUT2D eigenvalue weighted by Crippen LogP contribution is -2.22. The summed E-state index contributed by atoms with van der Waals surface area (Å²) >= 11 is 4.85. The Bertz CT molecular complexity index is 1010. The minimum atomic E-state index is -0.555. The second-order valence-electron chi connectivity index (χ2n) is 5.79. The van der Waals surface area contributed by atoms with Crippen molar-refractivity contribution in [3.05, 3.63) is 56.9 Å². The standard InChI is InChI=1S/C19H17BrN2O3S/c1-10-11(2)26-19(16(10)18(21)24)22-15(23)9-25-14-8-7-12-5-3-4-6-13(12)17(14)20/h3-8H,9H2,1-2H3,(H2,21,24)(H,22,23). The number of carbonyl (C=O) groups is 2. The van der Waals surface area contributed by atoms with Gasteiger partial charge in [-0.2, -0.15) is 0 Å². The van der Waals surface area contributed by atoms with E-state index in [1.807, 2.05) is 50.2 Å². The Kier molecular flexibility index (Phi) is 5.29. The van der Waals surface area contributed by atoms with Crippen LogP contribution in [0.2, 0.25) is 0 Å². The van der Waals surface area contributed by atoms with Gasteiger partial charge in [0.15, 0.2) is 6.61 Å². The van der Waals surface area contributed by atoms with E-state index < -0.39 is 5.91 Å².